The van der Waals surface area contributed by atoms with Gasteiger partial charge in [-0.15, -0.1) is 0 Å². The number of pyridine rings is 1. The summed E-state index contributed by atoms with van der Waals surface area (Å²) in [6.07, 6.45) is 5.81. The molecule has 1 N–H and O–H groups in total. The molecule has 0 bridgehead atoms. The summed E-state index contributed by atoms with van der Waals surface area (Å²) in [4.78, 5) is 14.9. The predicted molar refractivity (Wildman–Crippen MR) is 87.7 cm³/mol. The van der Waals surface area contributed by atoms with Crippen LogP contribution in [0.3, 0.4) is 0 Å². The number of hydrogen-bond donors (Lipinski definition) is 1. The summed E-state index contributed by atoms with van der Waals surface area (Å²) < 4.78 is 4.83. The molecule has 2 aromatic rings. The molecule has 4 nitrogen and oxygen atoms in total. The highest BCUT2D eigenvalue weighted by Crippen LogP contribution is 2.39. The summed E-state index contributed by atoms with van der Waals surface area (Å²) in [5.41, 5.74) is 2.32. The van der Waals surface area contributed by atoms with Crippen LogP contribution in [0.4, 0.5) is 4.79 Å². The topological polar surface area (TPSA) is 59.4 Å². The first-order valence-electron chi connectivity index (χ1n) is 8.12. The van der Waals surface area contributed by atoms with E-state index in [9.17, 15) is 4.79 Å². The van der Waals surface area contributed by atoms with Crippen LogP contribution in [-0.2, 0) is 6.42 Å². The largest absolute Gasteiger partial charge is 0.512 e. The van der Waals surface area contributed by atoms with Crippen LogP contribution in [0.1, 0.15) is 42.7 Å². The number of nitrogens with zero attached hydrogens (tertiary/aromatic N) is 1. The molecule has 4 heteroatoms. The molecule has 1 aromatic heterocycles. The number of hydrogen-bond acceptors (Lipinski definition) is 3. The highest BCUT2D eigenvalue weighted by molar-refractivity contribution is 5.61. The Balaban J connectivity index is 1.62. The van der Waals surface area contributed by atoms with Gasteiger partial charge >= 0.3 is 6.16 Å². The van der Waals surface area contributed by atoms with E-state index in [4.69, 9.17) is 9.84 Å². The van der Waals surface area contributed by atoms with Gasteiger partial charge in [-0.1, -0.05) is 36.4 Å². The van der Waals surface area contributed by atoms with Gasteiger partial charge in [-0.2, -0.15) is 0 Å². The van der Waals surface area contributed by atoms with Crippen LogP contribution in [-0.4, -0.2) is 16.2 Å². The van der Waals surface area contributed by atoms with Crippen molar-refractivity contribution in [2.45, 2.75) is 38.0 Å². The Hall–Kier alpha value is -2.36. The molecule has 1 aliphatic carbocycles. The van der Waals surface area contributed by atoms with Crippen LogP contribution in [0.2, 0.25) is 0 Å². The second kappa shape index (κ2) is 7.27. The van der Waals surface area contributed by atoms with Crippen molar-refractivity contribution in [1.82, 2.24) is 4.98 Å². The summed E-state index contributed by atoms with van der Waals surface area (Å²) >= 11 is 0. The normalized spacial score (nSPS) is 20.9. The van der Waals surface area contributed by atoms with Gasteiger partial charge in [0.2, 0.25) is 5.88 Å². The van der Waals surface area contributed by atoms with Crippen molar-refractivity contribution in [3.8, 4) is 5.88 Å². The maximum absolute atomic E-state index is 10.8. The van der Waals surface area contributed by atoms with Crippen LogP contribution in [0, 0.1) is 5.92 Å². The fourth-order valence-electron chi connectivity index (χ4n) is 3.51. The molecule has 0 aliphatic heterocycles. The van der Waals surface area contributed by atoms with Gasteiger partial charge in [0, 0.05) is 11.8 Å². The Morgan fingerprint density at radius 2 is 1.83 bits per heavy atom. The average Bonchev–Trinajstić information content (AvgIpc) is 2.57. The number of aromatic nitrogens is 1. The number of rotatable bonds is 4. The van der Waals surface area contributed by atoms with E-state index in [1.165, 1.54) is 5.56 Å². The highest BCUT2D eigenvalue weighted by atomic mass is 16.7. The zero-order valence-electron chi connectivity index (χ0n) is 13.0. The second-order valence-corrected chi connectivity index (χ2v) is 6.17. The number of ether oxygens (including phenoxy) is 1. The first kappa shape index (κ1) is 15.5. The monoisotopic (exact) mass is 311 g/mol. The van der Waals surface area contributed by atoms with E-state index in [1.54, 1.807) is 6.20 Å². The molecule has 1 saturated carbocycles. The van der Waals surface area contributed by atoms with Gasteiger partial charge in [-0.25, -0.2) is 9.78 Å². The van der Waals surface area contributed by atoms with Gasteiger partial charge in [-0.3, -0.25) is 0 Å². The number of carbonyl (C=O) groups is 1. The number of benzene rings is 1. The smallest absolute Gasteiger partial charge is 0.449 e. The summed E-state index contributed by atoms with van der Waals surface area (Å²) in [6.45, 7) is 0. The minimum Gasteiger partial charge on any atom is -0.449 e. The molecule has 1 aliphatic rings. The SMILES string of the molecule is O=C(O)Oc1ncccc1C1CCC(Cc2ccccc2)CC1. The van der Waals surface area contributed by atoms with E-state index in [0.29, 0.717) is 11.8 Å². The number of carboxylic acid groups (broad SMARTS) is 1. The van der Waals surface area contributed by atoms with Crippen LogP contribution < -0.4 is 4.74 Å². The first-order chi connectivity index (χ1) is 11.2. The maximum atomic E-state index is 10.8. The lowest BCUT2D eigenvalue weighted by molar-refractivity contribution is 0.141. The minimum absolute atomic E-state index is 0.242. The lowest BCUT2D eigenvalue weighted by atomic mass is 9.77. The third-order valence-electron chi connectivity index (χ3n) is 4.64. The van der Waals surface area contributed by atoms with E-state index in [-0.39, 0.29) is 5.88 Å². The summed E-state index contributed by atoms with van der Waals surface area (Å²) in [5, 5.41) is 8.83. The molecule has 1 fully saturated rings. The Bertz CT molecular complexity index is 649. The average molecular weight is 311 g/mol. The van der Waals surface area contributed by atoms with Gasteiger partial charge in [-0.05, 0) is 55.6 Å². The fraction of sp³-hybridized carbons (Fsp3) is 0.368. The zero-order valence-corrected chi connectivity index (χ0v) is 13.0. The second-order valence-electron chi connectivity index (χ2n) is 6.17. The molecule has 1 aromatic carbocycles. The van der Waals surface area contributed by atoms with Crippen molar-refractivity contribution >= 4 is 6.16 Å². The van der Waals surface area contributed by atoms with E-state index in [2.05, 4.69) is 29.2 Å². The lowest BCUT2D eigenvalue weighted by Gasteiger charge is -2.29. The van der Waals surface area contributed by atoms with Gasteiger partial charge < -0.3 is 9.84 Å². The standard InChI is InChI=1S/C19H21NO3/c21-19(22)23-18-17(7-4-12-20-18)16-10-8-15(9-11-16)13-14-5-2-1-3-6-14/h1-7,12,15-16H,8-11,13H2,(H,21,22). The van der Waals surface area contributed by atoms with Crippen LogP contribution in [0.5, 0.6) is 5.88 Å². The maximum Gasteiger partial charge on any atom is 0.512 e. The van der Waals surface area contributed by atoms with Crippen LogP contribution in [0.15, 0.2) is 48.7 Å². The molecule has 0 saturated heterocycles. The molecule has 0 spiro atoms. The molecule has 0 atom stereocenters. The van der Waals surface area contributed by atoms with Gasteiger partial charge in [0.1, 0.15) is 0 Å². The molecule has 0 unspecified atom stereocenters. The van der Waals surface area contributed by atoms with Crippen LogP contribution in [0.25, 0.3) is 0 Å². The van der Waals surface area contributed by atoms with Gasteiger partial charge in [0.15, 0.2) is 0 Å². The highest BCUT2D eigenvalue weighted by Gasteiger charge is 2.25. The van der Waals surface area contributed by atoms with E-state index in [1.807, 2.05) is 18.2 Å². The van der Waals surface area contributed by atoms with Crippen molar-refractivity contribution < 1.29 is 14.6 Å². The molecule has 0 amide bonds. The molecule has 0 radical (unpaired) electrons. The molecule has 1 heterocycles. The van der Waals surface area contributed by atoms with Crippen molar-refractivity contribution in [2.75, 3.05) is 0 Å². The van der Waals surface area contributed by atoms with Crippen molar-refractivity contribution in [1.29, 1.82) is 0 Å². The van der Waals surface area contributed by atoms with Gasteiger partial charge in [0.25, 0.3) is 0 Å². The first-order valence-corrected chi connectivity index (χ1v) is 8.12. The summed E-state index contributed by atoms with van der Waals surface area (Å²) in [6, 6.07) is 14.4. The summed E-state index contributed by atoms with van der Waals surface area (Å²) in [7, 11) is 0. The molecular weight excluding hydrogens is 290 g/mol. The van der Waals surface area contributed by atoms with Crippen molar-refractivity contribution in [3.05, 3.63) is 59.8 Å². The van der Waals surface area contributed by atoms with Crippen molar-refractivity contribution in [2.24, 2.45) is 5.92 Å². The molecule has 120 valence electrons. The third-order valence-corrected chi connectivity index (χ3v) is 4.64. The van der Waals surface area contributed by atoms with Gasteiger partial charge in [0.05, 0.1) is 0 Å². The molecule has 23 heavy (non-hydrogen) atoms. The zero-order chi connectivity index (χ0) is 16.1. The fourth-order valence-corrected chi connectivity index (χ4v) is 3.51. The minimum atomic E-state index is -1.30. The Morgan fingerprint density at radius 3 is 2.52 bits per heavy atom. The van der Waals surface area contributed by atoms with E-state index < -0.39 is 6.16 Å². The van der Waals surface area contributed by atoms with Crippen molar-refractivity contribution in [3.63, 3.8) is 0 Å². The van der Waals surface area contributed by atoms with E-state index in [0.717, 1.165) is 37.7 Å². The van der Waals surface area contributed by atoms with E-state index >= 15 is 0 Å². The third kappa shape index (κ3) is 4.09. The molecular formula is C19H21NO3. The quantitative estimate of drug-likeness (QED) is 0.835. The molecule has 3 rings (SSSR count). The Morgan fingerprint density at radius 1 is 1.09 bits per heavy atom. The lowest BCUT2D eigenvalue weighted by Crippen LogP contribution is -2.17. The predicted octanol–water partition coefficient (Wildman–Crippen LogP) is 4.65. The Labute approximate surface area is 136 Å². The summed E-state index contributed by atoms with van der Waals surface area (Å²) in [5.74, 6) is 1.28. The Kier molecular flexibility index (Phi) is 4.91. The van der Waals surface area contributed by atoms with Crippen LogP contribution >= 0.6 is 0 Å².